The lowest BCUT2D eigenvalue weighted by atomic mass is 9.95. The number of hydrogen-bond acceptors (Lipinski definition) is 3. The lowest BCUT2D eigenvalue weighted by molar-refractivity contribution is -0.136. The number of nitrogens with one attached hydrogen (secondary N) is 1. The first kappa shape index (κ1) is 17.4. The Morgan fingerprint density at radius 1 is 1.43 bits per heavy atom. The molecule has 0 radical (unpaired) electrons. The number of urea groups is 1. The molecule has 1 aromatic rings. The third-order valence-electron chi connectivity index (χ3n) is 3.59. The monoisotopic (exact) mass is 354 g/mol. The summed E-state index contributed by atoms with van der Waals surface area (Å²) in [5.74, 6) is -0.521. The van der Waals surface area contributed by atoms with Crippen molar-refractivity contribution in [3.05, 3.63) is 57.7 Å². The molecule has 1 unspecified atom stereocenters. The Hall–Kier alpha value is -1.98. The standard InChI is InChI=1S/C16H16Cl2N2O3/c1-4-7-20-9(2)13(15(21)23-3)14(19-16(20)22)10-5-6-11(17)12(18)8-10/h4-6,8,14H,1,7H2,2-3H3,(H,19,22). The summed E-state index contributed by atoms with van der Waals surface area (Å²) >= 11 is 12.0. The summed E-state index contributed by atoms with van der Waals surface area (Å²) in [6.07, 6.45) is 1.58. The quantitative estimate of drug-likeness (QED) is 0.662. The van der Waals surface area contributed by atoms with E-state index in [1.54, 1.807) is 31.2 Å². The van der Waals surface area contributed by atoms with Gasteiger partial charge in [-0.3, -0.25) is 4.90 Å². The number of amides is 2. The molecule has 1 N–H and O–H groups in total. The molecule has 0 spiro atoms. The van der Waals surface area contributed by atoms with Gasteiger partial charge < -0.3 is 10.1 Å². The number of carbonyl (C=O) groups excluding carboxylic acids is 2. The maximum absolute atomic E-state index is 12.3. The van der Waals surface area contributed by atoms with Crippen LogP contribution in [0.3, 0.4) is 0 Å². The van der Waals surface area contributed by atoms with Crippen LogP contribution in [0.2, 0.25) is 10.0 Å². The van der Waals surface area contributed by atoms with Gasteiger partial charge in [-0.15, -0.1) is 6.58 Å². The predicted octanol–water partition coefficient (Wildman–Crippen LogP) is 3.69. The first-order valence-electron chi connectivity index (χ1n) is 6.83. The predicted molar refractivity (Wildman–Crippen MR) is 89.4 cm³/mol. The number of benzene rings is 1. The Bertz CT molecular complexity index is 701. The summed E-state index contributed by atoms with van der Waals surface area (Å²) in [6, 6.07) is 3.95. The van der Waals surface area contributed by atoms with Gasteiger partial charge in [0.15, 0.2) is 0 Å². The summed E-state index contributed by atoms with van der Waals surface area (Å²) in [5.41, 5.74) is 1.50. The Morgan fingerprint density at radius 3 is 2.70 bits per heavy atom. The molecule has 0 aliphatic carbocycles. The lowest BCUT2D eigenvalue weighted by Crippen LogP contribution is -2.48. The number of nitrogens with zero attached hydrogens (tertiary/aromatic N) is 1. The normalized spacial score (nSPS) is 17.8. The van der Waals surface area contributed by atoms with E-state index in [9.17, 15) is 9.59 Å². The van der Waals surface area contributed by atoms with Gasteiger partial charge in [0, 0.05) is 12.2 Å². The Kier molecular flexibility index (Phi) is 5.34. The number of allylic oxidation sites excluding steroid dienone is 1. The van der Waals surface area contributed by atoms with Gasteiger partial charge >= 0.3 is 12.0 Å². The minimum Gasteiger partial charge on any atom is -0.466 e. The smallest absolute Gasteiger partial charge is 0.337 e. The van der Waals surface area contributed by atoms with Crippen molar-refractivity contribution in [2.24, 2.45) is 0 Å². The van der Waals surface area contributed by atoms with Gasteiger partial charge in [0.2, 0.25) is 0 Å². The van der Waals surface area contributed by atoms with E-state index in [0.717, 1.165) is 0 Å². The molecule has 23 heavy (non-hydrogen) atoms. The van der Waals surface area contributed by atoms with Crippen LogP contribution in [-0.2, 0) is 9.53 Å². The van der Waals surface area contributed by atoms with Crippen LogP contribution in [-0.4, -0.2) is 30.6 Å². The van der Waals surface area contributed by atoms with Gasteiger partial charge in [0.1, 0.15) is 0 Å². The molecule has 1 heterocycles. The summed E-state index contributed by atoms with van der Waals surface area (Å²) in [6.45, 7) is 5.60. The van der Waals surface area contributed by atoms with Crippen molar-refractivity contribution in [1.29, 1.82) is 0 Å². The van der Waals surface area contributed by atoms with Gasteiger partial charge in [-0.25, -0.2) is 9.59 Å². The highest BCUT2D eigenvalue weighted by atomic mass is 35.5. The average molecular weight is 355 g/mol. The number of carbonyl (C=O) groups is 2. The number of methoxy groups -OCH3 is 1. The second-order valence-corrected chi connectivity index (χ2v) is 5.76. The van der Waals surface area contributed by atoms with E-state index in [2.05, 4.69) is 11.9 Å². The molecule has 1 aliphatic rings. The lowest BCUT2D eigenvalue weighted by Gasteiger charge is -2.34. The van der Waals surface area contributed by atoms with E-state index in [-0.39, 0.29) is 12.6 Å². The van der Waals surface area contributed by atoms with Crippen molar-refractivity contribution in [3.8, 4) is 0 Å². The average Bonchev–Trinajstić information content (AvgIpc) is 2.53. The molecule has 0 saturated carbocycles. The molecule has 5 nitrogen and oxygen atoms in total. The molecule has 0 saturated heterocycles. The molecular formula is C16H16Cl2N2O3. The van der Waals surface area contributed by atoms with E-state index in [1.165, 1.54) is 12.0 Å². The van der Waals surface area contributed by atoms with Crippen LogP contribution in [0.5, 0.6) is 0 Å². The maximum atomic E-state index is 12.3. The summed E-state index contributed by atoms with van der Waals surface area (Å²) in [7, 11) is 1.29. The molecule has 0 fully saturated rings. The first-order valence-corrected chi connectivity index (χ1v) is 7.59. The highest BCUT2D eigenvalue weighted by Gasteiger charge is 2.35. The van der Waals surface area contributed by atoms with Crippen LogP contribution in [0.1, 0.15) is 18.5 Å². The summed E-state index contributed by atoms with van der Waals surface area (Å²) < 4.78 is 4.87. The van der Waals surface area contributed by atoms with Gasteiger partial charge in [0.25, 0.3) is 0 Å². The van der Waals surface area contributed by atoms with Crippen LogP contribution in [0.25, 0.3) is 0 Å². The number of hydrogen-bond donors (Lipinski definition) is 1. The maximum Gasteiger partial charge on any atom is 0.337 e. The highest BCUT2D eigenvalue weighted by Crippen LogP contribution is 2.34. The van der Waals surface area contributed by atoms with Crippen LogP contribution >= 0.6 is 23.2 Å². The largest absolute Gasteiger partial charge is 0.466 e. The SMILES string of the molecule is C=CCN1C(=O)NC(c2ccc(Cl)c(Cl)c2)C(C(=O)OC)=C1C. The van der Waals surface area contributed by atoms with Crippen molar-refractivity contribution >= 4 is 35.2 Å². The third kappa shape index (κ3) is 3.35. The minimum absolute atomic E-state index is 0.284. The van der Waals surface area contributed by atoms with Crippen molar-refractivity contribution in [2.45, 2.75) is 13.0 Å². The van der Waals surface area contributed by atoms with Gasteiger partial charge in [0.05, 0.1) is 28.8 Å². The molecule has 2 rings (SSSR count). The Labute approximate surface area is 144 Å². The van der Waals surface area contributed by atoms with Crippen LogP contribution < -0.4 is 5.32 Å². The van der Waals surface area contributed by atoms with Crippen LogP contribution in [0.4, 0.5) is 4.79 Å². The molecule has 1 aromatic carbocycles. The fourth-order valence-electron chi connectivity index (χ4n) is 2.45. The van der Waals surface area contributed by atoms with Crippen molar-refractivity contribution in [3.63, 3.8) is 0 Å². The van der Waals surface area contributed by atoms with Gasteiger partial charge in [-0.05, 0) is 24.6 Å². The molecule has 122 valence electrons. The number of esters is 1. The first-order chi connectivity index (χ1) is 10.9. The van der Waals surface area contributed by atoms with Crippen LogP contribution in [0.15, 0.2) is 42.1 Å². The van der Waals surface area contributed by atoms with Crippen molar-refractivity contribution in [1.82, 2.24) is 10.2 Å². The Morgan fingerprint density at radius 2 is 2.13 bits per heavy atom. The molecule has 2 amide bonds. The zero-order valence-corrected chi connectivity index (χ0v) is 14.2. The van der Waals surface area contributed by atoms with Crippen LogP contribution in [0, 0.1) is 0 Å². The number of ether oxygens (including phenoxy) is 1. The molecule has 0 aromatic heterocycles. The van der Waals surface area contributed by atoms with Gasteiger partial charge in [-0.1, -0.05) is 35.3 Å². The molecule has 0 bridgehead atoms. The zero-order valence-electron chi connectivity index (χ0n) is 12.7. The second-order valence-electron chi connectivity index (χ2n) is 4.95. The molecule has 1 aliphatic heterocycles. The van der Waals surface area contributed by atoms with Crippen molar-refractivity contribution in [2.75, 3.05) is 13.7 Å². The van der Waals surface area contributed by atoms with E-state index in [0.29, 0.717) is 26.9 Å². The minimum atomic E-state index is -0.661. The van der Waals surface area contributed by atoms with Crippen molar-refractivity contribution < 1.29 is 14.3 Å². The fourth-order valence-corrected chi connectivity index (χ4v) is 2.75. The Balaban J connectivity index is 2.56. The summed E-state index contributed by atoms with van der Waals surface area (Å²) in [4.78, 5) is 26.0. The number of rotatable bonds is 4. The van der Waals surface area contributed by atoms with E-state index in [1.807, 2.05) is 0 Å². The van der Waals surface area contributed by atoms with E-state index < -0.39 is 12.0 Å². The zero-order chi connectivity index (χ0) is 17.1. The highest BCUT2D eigenvalue weighted by molar-refractivity contribution is 6.42. The van der Waals surface area contributed by atoms with E-state index >= 15 is 0 Å². The molecular weight excluding hydrogens is 339 g/mol. The molecule has 1 atom stereocenters. The number of halogens is 2. The fraction of sp³-hybridized carbons (Fsp3) is 0.250. The third-order valence-corrected chi connectivity index (χ3v) is 4.33. The summed E-state index contributed by atoms with van der Waals surface area (Å²) in [5, 5.41) is 3.52. The second kappa shape index (κ2) is 7.06. The van der Waals surface area contributed by atoms with E-state index in [4.69, 9.17) is 27.9 Å². The van der Waals surface area contributed by atoms with Gasteiger partial charge in [-0.2, -0.15) is 0 Å². The molecule has 7 heteroatoms. The topological polar surface area (TPSA) is 58.6 Å².